The van der Waals surface area contributed by atoms with E-state index in [2.05, 4.69) is 55.4 Å². The van der Waals surface area contributed by atoms with E-state index in [-0.39, 0.29) is 0 Å². The first-order valence-electron chi connectivity index (χ1n) is 12.3. The molecule has 0 aromatic rings. The topological polar surface area (TPSA) is 0 Å². The molecule has 0 aliphatic heterocycles. The Morgan fingerprint density at radius 3 is 0.741 bits per heavy atom. The predicted octanol–water partition coefficient (Wildman–Crippen LogP) is 9.96. The van der Waals surface area contributed by atoms with Crippen LogP contribution >= 0.6 is 0 Å². The fourth-order valence-electron chi connectivity index (χ4n) is 4.73. The van der Waals surface area contributed by atoms with Crippen molar-refractivity contribution in [2.45, 2.75) is 152 Å². The molecule has 4 aliphatic rings. The van der Waals surface area contributed by atoms with E-state index in [9.17, 15) is 0 Å². The van der Waals surface area contributed by atoms with E-state index in [0.29, 0.717) is 10.8 Å². The van der Waals surface area contributed by atoms with Gasteiger partial charge < -0.3 is 0 Å². The molecule has 0 aromatic carbocycles. The minimum atomic E-state index is 0.500. The number of rotatable bonds is 0. The van der Waals surface area contributed by atoms with Crippen molar-refractivity contribution < 1.29 is 0 Å². The summed E-state index contributed by atoms with van der Waals surface area (Å²) in [7, 11) is 0. The molecular weight excluding hydrogens is 324 g/mol. The zero-order valence-corrected chi connectivity index (χ0v) is 20.6. The van der Waals surface area contributed by atoms with Crippen molar-refractivity contribution in [1.29, 1.82) is 0 Å². The van der Waals surface area contributed by atoms with E-state index in [4.69, 9.17) is 0 Å². The summed E-state index contributed by atoms with van der Waals surface area (Å²) < 4.78 is 0. The van der Waals surface area contributed by atoms with E-state index < -0.39 is 0 Å². The van der Waals surface area contributed by atoms with Gasteiger partial charge in [0.1, 0.15) is 0 Å². The molecule has 0 N–H and O–H groups in total. The van der Waals surface area contributed by atoms with E-state index in [1.807, 2.05) is 0 Å². The third-order valence-corrected chi connectivity index (χ3v) is 6.20. The molecule has 0 heterocycles. The van der Waals surface area contributed by atoms with Crippen molar-refractivity contribution in [3.8, 4) is 0 Å². The molecule has 0 heteroatoms. The second kappa shape index (κ2) is 10.7. The van der Waals surface area contributed by atoms with E-state index >= 15 is 0 Å². The Balaban J connectivity index is 0.000000190. The predicted molar refractivity (Wildman–Crippen MR) is 124 cm³/mol. The van der Waals surface area contributed by atoms with Crippen molar-refractivity contribution in [2.75, 3.05) is 0 Å². The van der Waals surface area contributed by atoms with Gasteiger partial charge >= 0.3 is 0 Å². The van der Waals surface area contributed by atoms with Crippen molar-refractivity contribution in [3.05, 3.63) is 0 Å². The van der Waals surface area contributed by atoms with Gasteiger partial charge in [-0.1, -0.05) is 100 Å². The van der Waals surface area contributed by atoms with Crippen LogP contribution in [0.5, 0.6) is 0 Å². The quantitative estimate of drug-likeness (QED) is 0.393. The van der Waals surface area contributed by atoms with Crippen LogP contribution in [0.3, 0.4) is 0 Å². The van der Waals surface area contributed by atoms with Gasteiger partial charge in [0, 0.05) is 0 Å². The largest absolute Gasteiger partial charge is 0.0604 e. The molecule has 0 saturated heterocycles. The first kappa shape index (κ1) is 25.0. The van der Waals surface area contributed by atoms with Gasteiger partial charge in [-0.15, -0.1) is 0 Å². The van der Waals surface area contributed by atoms with Gasteiger partial charge in [-0.05, 0) is 73.0 Å². The van der Waals surface area contributed by atoms with E-state index in [1.165, 1.54) is 44.9 Å². The van der Waals surface area contributed by atoms with Gasteiger partial charge in [-0.2, -0.15) is 0 Å². The van der Waals surface area contributed by atoms with Crippen molar-refractivity contribution in [3.63, 3.8) is 0 Å². The monoisotopic (exact) mass is 378 g/mol. The number of hydrogen-bond acceptors (Lipinski definition) is 0. The molecule has 27 heavy (non-hydrogen) atoms. The molecule has 0 radical (unpaired) electrons. The molecule has 4 aliphatic carbocycles. The Hall–Kier alpha value is 0. The Morgan fingerprint density at radius 2 is 0.519 bits per heavy atom. The van der Waals surface area contributed by atoms with Crippen molar-refractivity contribution in [1.82, 2.24) is 0 Å². The van der Waals surface area contributed by atoms with Crippen LogP contribution in [-0.2, 0) is 0 Å². The third kappa shape index (κ3) is 13.8. The maximum Gasteiger partial charge on any atom is -0.0297 e. The molecule has 0 amide bonds. The molecule has 0 aromatic heterocycles. The minimum absolute atomic E-state index is 0.500. The van der Waals surface area contributed by atoms with Gasteiger partial charge in [0.05, 0.1) is 0 Å². The summed E-state index contributed by atoms with van der Waals surface area (Å²) in [6.45, 7) is 17.5. The summed E-state index contributed by atoms with van der Waals surface area (Å²) in [4.78, 5) is 0. The highest BCUT2D eigenvalue weighted by Crippen LogP contribution is 2.57. The highest BCUT2D eigenvalue weighted by molar-refractivity contribution is 4.96. The smallest absolute Gasteiger partial charge is 0.0297 e. The van der Waals surface area contributed by atoms with Crippen LogP contribution < -0.4 is 0 Å². The zero-order valence-electron chi connectivity index (χ0n) is 20.6. The standard InChI is InChI=1S/C10H18.C7H12.2C5H12/c1-2-6-10(7-3-1)8-4-5-9-10;1-2-4-7(3-1)5-6-7;2*1-5(2,3)4/h1-9H2;1-6H2;2*1-4H3. The minimum Gasteiger partial charge on any atom is -0.0604 e. The summed E-state index contributed by atoms with van der Waals surface area (Å²) in [6, 6.07) is 0. The molecule has 4 fully saturated rings. The fraction of sp³-hybridized carbons (Fsp3) is 1.00. The first-order valence-corrected chi connectivity index (χ1v) is 12.3. The van der Waals surface area contributed by atoms with Gasteiger partial charge in [0.25, 0.3) is 0 Å². The summed E-state index contributed by atoms with van der Waals surface area (Å²) in [6.07, 6.45) is 23.2. The Labute approximate surface area is 173 Å². The van der Waals surface area contributed by atoms with Gasteiger partial charge in [0.15, 0.2) is 0 Å². The van der Waals surface area contributed by atoms with Crippen LogP contribution in [0, 0.1) is 21.7 Å². The maximum absolute atomic E-state index is 2.19. The molecule has 162 valence electrons. The lowest BCUT2D eigenvalue weighted by Gasteiger charge is -2.32. The van der Waals surface area contributed by atoms with Crippen molar-refractivity contribution in [2.24, 2.45) is 21.7 Å². The summed E-state index contributed by atoms with van der Waals surface area (Å²) in [5, 5.41) is 0. The lowest BCUT2D eigenvalue weighted by Crippen LogP contribution is -2.19. The van der Waals surface area contributed by atoms with Crippen LogP contribution in [0.2, 0.25) is 0 Å². The summed E-state index contributed by atoms with van der Waals surface area (Å²) >= 11 is 0. The van der Waals surface area contributed by atoms with E-state index in [1.54, 1.807) is 51.4 Å². The summed E-state index contributed by atoms with van der Waals surface area (Å²) in [5.41, 5.74) is 2.82. The maximum atomic E-state index is 2.19. The zero-order chi connectivity index (χ0) is 20.6. The summed E-state index contributed by atoms with van der Waals surface area (Å²) in [5.74, 6) is 0. The van der Waals surface area contributed by atoms with Gasteiger partial charge in [-0.3, -0.25) is 0 Å². The molecule has 0 unspecified atom stereocenters. The Morgan fingerprint density at radius 1 is 0.333 bits per heavy atom. The molecular formula is C27H54. The van der Waals surface area contributed by atoms with Gasteiger partial charge in [0.2, 0.25) is 0 Å². The third-order valence-electron chi connectivity index (χ3n) is 6.20. The highest BCUT2D eigenvalue weighted by Gasteiger charge is 2.43. The van der Waals surface area contributed by atoms with Crippen LogP contribution in [0.4, 0.5) is 0 Å². The average molecular weight is 379 g/mol. The SMILES string of the molecule is C1CCC2(C1)CC2.C1CCC2(CC1)CCCC2.CC(C)(C)C.CC(C)(C)C. The van der Waals surface area contributed by atoms with Crippen LogP contribution in [0.1, 0.15) is 152 Å². The Kier molecular flexibility index (Phi) is 9.91. The molecule has 4 rings (SSSR count). The lowest BCUT2D eigenvalue weighted by molar-refractivity contribution is 0.197. The van der Waals surface area contributed by atoms with Crippen molar-refractivity contribution >= 4 is 0 Å². The van der Waals surface area contributed by atoms with Crippen LogP contribution in [0.25, 0.3) is 0 Å². The second-order valence-electron chi connectivity index (χ2n) is 13.5. The van der Waals surface area contributed by atoms with Crippen LogP contribution in [-0.4, -0.2) is 0 Å². The average Bonchev–Trinajstić information content (AvgIpc) is 2.89. The molecule has 0 nitrogen and oxygen atoms in total. The van der Waals surface area contributed by atoms with Gasteiger partial charge in [-0.25, -0.2) is 0 Å². The van der Waals surface area contributed by atoms with E-state index in [0.717, 1.165) is 10.8 Å². The number of hydrogen-bond donors (Lipinski definition) is 0. The second-order valence-corrected chi connectivity index (χ2v) is 13.5. The molecule has 2 spiro atoms. The lowest BCUT2D eigenvalue weighted by atomic mass is 9.73. The highest BCUT2D eigenvalue weighted by atomic mass is 14.5. The Bertz CT molecular complexity index is 339. The normalized spacial score (nSPS) is 24.9. The molecule has 4 saturated carbocycles. The fourth-order valence-corrected chi connectivity index (χ4v) is 4.73. The van der Waals surface area contributed by atoms with Crippen LogP contribution in [0.15, 0.2) is 0 Å². The molecule has 0 bridgehead atoms. The molecule has 0 atom stereocenters. The first-order chi connectivity index (χ1) is 12.3.